The number of benzene rings is 6. The van der Waals surface area contributed by atoms with Crippen molar-refractivity contribution < 1.29 is 0 Å². The molecule has 0 bridgehead atoms. The second-order valence-corrected chi connectivity index (χ2v) is 12.6. The van der Waals surface area contributed by atoms with Gasteiger partial charge in [-0.15, -0.1) is 0 Å². The summed E-state index contributed by atoms with van der Waals surface area (Å²) >= 11 is 0. The molecule has 0 unspecified atom stereocenters. The Labute approximate surface area is 269 Å². The molecule has 0 spiro atoms. The van der Waals surface area contributed by atoms with Gasteiger partial charge in [-0.3, -0.25) is 0 Å². The van der Waals surface area contributed by atoms with Crippen LogP contribution in [0, 0.1) is 0 Å². The van der Waals surface area contributed by atoms with Gasteiger partial charge in [0.1, 0.15) is 11.6 Å². The number of fused-ring (bicyclic) bond motifs is 3. The standard InChI is InChI=1S/C42H36N4/c1-27(2)45-38-17-7-5-15-36(38)43-41(45)32-23-19-29(20-24-32)34-13-9-11-31-12-10-14-35(40(31)34)30-21-25-33(26-22-30)42-44-37-16-6-8-18-39(37)46(42)28(3)4/h5-28H,1-4H3. The number of aromatic nitrogens is 4. The average molecular weight is 597 g/mol. The van der Waals surface area contributed by atoms with Crippen LogP contribution in [0.3, 0.4) is 0 Å². The highest BCUT2D eigenvalue weighted by Crippen LogP contribution is 2.38. The Kier molecular flexibility index (Phi) is 6.79. The van der Waals surface area contributed by atoms with E-state index < -0.39 is 0 Å². The zero-order valence-corrected chi connectivity index (χ0v) is 26.6. The van der Waals surface area contributed by atoms with Crippen LogP contribution >= 0.6 is 0 Å². The van der Waals surface area contributed by atoms with Crippen molar-refractivity contribution in [1.82, 2.24) is 19.1 Å². The summed E-state index contributed by atoms with van der Waals surface area (Å²) in [6.07, 6.45) is 0. The highest BCUT2D eigenvalue weighted by molar-refractivity contribution is 6.06. The Hall–Kier alpha value is -5.48. The zero-order chi connectivity index (χ0) is 31.4. The van der Waals surface area contributed by atoms with Crippen LogP contribution in [0.4, 0.5) is 0 Å². The van der Waals surface area contributed by atoms with E-state index in [4.69, 9.17) is 9.97 Å². The van der Waals surface area contributed by atoms with Gasteiger partial charge in [-0.1, -0.05) is 109 Å². The molecule has 0 amide bonds. The minimum absolute atomic E-state index is 0.304. The average Bonchev–Trinajstić information content (AvgIpc) is 3.68. The van der Waals surface area contributed by atoms with Crippen molar-refractivity contribution in [3.8, 4) is 45.0 Å². The van der Waals surface area contributed by atoms with Crippen molar-refractivity contribution in [3.63, 3.8) is 0 Å². The van der Waals surface area contributed by atoms with Crippen molar-refractivity contribution in [3.05, 3.63) is 133 Å². The molecule has 0 N–H and O–H groups in total. The quantitative estimate of drug-likeness (QED) is 0.191. The van der Waals surface area contributed by atoms with Crippen LogP contribution in [0.1, 0.15) is 39.8 Å². The smallest absolute Gasteiger partial charge is 0.141 e. The Bertz CT molecular complexity index is 2190. The van der Waals surface area contributed by atoms with Crippen molar-refractivity contribution in [2.45, 2.75) is 39.8 Å². The molecular formula is C42H36N4. The van der Waals surface area contributed by atoms with E-state index in [0.717, 1.165) is 33.8 Å². The summed E-state index contributed by atoms with van der Waals surface area (Å²) in [7, 11) is 0. The molecule has 224 valence electrons. The maximum atomic E-state index is 5.02. The highest BCUT2D eigenvalue weighted by Gasteiger charge is 2.17. The fourth-order valence-corrected chi connectivity index (χ4v) is 6.96. The first-order valence-electron chi connectivity index (χ1n) is 16.2. The number of rotatable bonds is 6. The van der Waals surface area contributed by atoms with Crippen LogP contribution in [-0.2, 0) is 0 Å². The molecule has 4 nitrogen and oxygen atoms in total. The molecule has 0 aliphatic rings. The molecule has 0 saturated carbocycles. The molecular weight excluding hydrogens is 560 g/mol. The van der Waals surface area contributed by atoms with Crippen LogP contribution in [0.2, 0.25) is 0 Å². The first-order valence-corrected chi connectivity index (χ1v) is 16.2. The molecule has 4 heteroatoms. The van der Waals surface area contributed by atoms with E-state index in [0.29, 0.717) is 12.1 Å². The molecule has 6 aromatic carbocycles. The summed E-state index contributed by atoms with van der Waals surface area (Å²) in [6, 6.07) is 48.4. The van der Waals surface area contributed by atoms with E-state index in [1.165, 1.54) is 44.1 Å². The van der Waals surface area contributed by atoms with Gasteiger partial charge in [-0.05, 0) is 85.0 Å². The lowest BCUT2D eigenvalue weighted by Gasteiger charge is -2.15. The van der Waals surface area contributed by atoms with Gasteiger partial charge in [-0.25, -0.2) is 9.97 Å². The van der Waals surface area contributed by atoms with E-state index in [1.807, 2.05) is 0 Å². The third kappa shape index (κ3) is 4.60. The summed E-state index contributed by atoms with van der Waals surface area (Å²) in [6.45, 7) is 8.88. The first kappa shape index (κ1) is 28.0. The van der Waals surface area contributed by atoms with Crippen molar-refractivity contribution in [2.75, 3.05) is 0 Å². The molecule has 0 aliphatic carbocycles. The van der Waals surface area contributed by atoms with Crippen LogP contribution in [0.15, 0.2) is 133 Å². The molecule has 8 rings (SSSR count). The second-order valence-electron chi connectivity index (χ2n) is 12.6. The van der Waals surface area contributed by atoms with Crippen molar-refractivity contribution >= 4 is 32.8 Å². The SMILES string of the molecule is CC(C)n1c(-c2ccc(-c3cccc4cccc(-c5ccc(-c6nc7ccccc7n6C(C)C)cc5)c34)cc2)nc2ccccc21. The van der Waals surface area contributed by atoms with Gasteiger partial charge in [0.05, 0.1) is 22.1 Å². The Balaban J connectivity index is 1.20. The van der Waals surface area contributed by atoms with E-state index in [1.54, 1.807) is 0 Å². The van der Waals surface area contributed by atoms with E-state index in [9.17, 15) is 0 Å². The molecule has 0 fully saturated rings. The summed E-state index contributed by atoms with van der Waals surface area (Å²) in [5, 5.41) is 2.49. The first-order chi connectivity index (χ1) is 22.5. The van der Waals surface area contributed by atoms with Gasteiger partial charge >= 0.3 is 0 Å². The van der Waals surface area contributed by atoms with Crippen LogP contribution in [-0.4, -0.2) is 19.1 Å². The lowest BCUT2D eigenvalue weighted by molar-refractivity contribution is 0.624. The fraction of sp³-hybridized carbons (Fsp3) is 0.143. The summed E-state index contributed by atoms with van der Waals surface area (Å²) in [4.78, 5) is 10.0. The summed E-state index contributed by atoms with van der Waals surface area (Å²) in [5.41, 5.74) is 11.5. The second kappa shape index (κ2) is 11.1. The minimum atomic E-state index is 0.304. The Morgan fingerprint density at radius 3 is 1.22 bits per heavy atom. The van der Waals surface area contributed by atoms with Gasteiger partial charge in [0.15, 0.2) is 0 Å². The van der Waals surface area contributed by atoms with Crippen LogP contribution in [0.25, 0.3) is 77.9 Å². The van der Waals surface area contributed by atoms with Gasteiger partial charge in [0.2, 0.25) is 0 Å². The largest absolute Gasteiger partial charge is 0.321 e. The Morgan fingerprint density at radius 1 is 0.413 bits per heavy atom. The van der Waals surface area contributed by atoms with E-state index in [2.05, 4.69) is 170 Å². The predicted octanol–water partition coefficient (Wildman–Crippen LogP) is 11.4. The molecule has 2 heterocycles. The number of nitrogens with zero attached hydrogens (tertiary/aromatic N) is 4. The number of imidazole rings is 2. The van der Waals surface area contributed by atoms with E-state index in [-0.39, 0.29) is 0 Å². The molecule has 0 saturated heterocycles. The maximum absolute atomic E-state index is 5.02. The predicted molar refractivity (Wildman–Crippen MR) is 193 cm³/mol. The van der Waals surface area contributed by atoms with Crippen LogP contribution < -0.4 is 0 Å². The van der Waals surface area contributed by atoms with Crippen molar-refractivity contribution in [2.24, 2.45) is 0 Å². The highest BCUT2D eigenvalue weighted by atomic mass is 15.1. The number of hydrogen-bond donors (Lipinski definition) is 0. The monoisotopic (exact) mass is 596 g/mol. The van der Waals surface area contributed by atoms with Gasteiger partial charge < -0.3 is 9.13 Å². The topological polar surface area (TPSA) is 35.6 Å². The van der Waals surface area contributed by atoms with Gasteiger partial charge in [0.25, 0.3) is 0 Å². The molecule has 8 aromatic rings. The van der Waals surface area contributed by atoms with E-state index >= 15 is 0 Å². The zero-order valence-electron chi connectivity index (χ0n) is 26.6. The maximum Gasteiger partial charge on any atom is 0.141 e. The lowest BCUT2D eigenvalue weighted by Crippen LogP contribution is -2.03. The van der Waals surface area contributed by atoms with Gasteiger partial charge in [0, 0.05) is 23.2 Å². The van der Waals surface area contributed by atoms with Crippen LogP contribution in [0.5, 0.6) is 0 Å². The van der Waals surface area contributed by atoms with Crippen molar-refractivity contribution in [1.29, 1.82) is 0 Å². The molecule has 0 aliphatic heterocycles. The third-order valence-electron chi connectivity index (χ3n) is 9.04. The number of hydrogen-bond acceptors (Lipinski definition) is 2. The molecule has 0 atom stereocenters. The molecule has 0 radical (unpaired) electrons. The normalized spacial score (nSPS) is 11.9. The van der Waals surface area contributed by atoms with Gasteiger partial charge in [-0.2, -0.15) is 0 Å². The summed E-state index contributed by atoms with van der Waals surface area (Å²) in [5.74, 6) is 2.01. The Morgan fingerprint density at radius 2 is 0.804 bits per heavy atom. The number of para-hydroxylation sites is 4. The third-order valence-corrected chi connectivity index (χ3v) is 9.04. The lowest BCUT2D eigenvalue weighted by atomic mass is 9.91. The molecule has 2 aromatic heterocycles. The molecule has 46 heavy (non-hydrogen) atoms. The summed E-state index contributed by atoms with van der Waals surface area (Å²) < 4.78 is 4.67. The fourth-order valence-electron chi connectivity index (χ4n) is 6.96. The minimum Gasteiger partial charge on any atom is -0.321 e.